The fourth-order valence-corrected chi connectivity index (χ4v) is 3.59. The van der Waals surface area contributed by atoms with E-state index >= 15 is 0 Å². The van der Waals surface area contributed by atoms with Crippen LogP contribution in [0.1, 0.15) is 34.7 Å². The highest BCUT2D eigenvalue weighted by Gasteiger charge is 2.22. The molecule has 0 radical (unpaired) electrons. The molecule has 1 heteroatoms. The van der Waals surface area contributed by atoms with Crippen molar-refractivity contribution in [2.24, 2.45) is 0 Å². The lowest BCUT2D eigenvalue weighted by Crippen LogP contribution is -1.96. The van der Waals surface area contributed by atoms with Crippen LogP contribution < -0.4 is 0 Å². The molecule has 0 saturated heterocycles. The summed E-state index contributed by atoms with van der Waals surface area (Å²) < 4.78 is 0. The molecular formula is C23H21N. The van der Waals surface area contributed by atoms with E-state index in [9.17, 15) is 0 Å². The van der Waals surface area contributed by atoms with Gasteiger partial charge in [0.25, 0.3) is 0 Å². The summed E-state index contributed by atoms with van der Waals surface area (Å²) in [7, 11) is 0. The van der Waals surface area contributed by atoms with Gasteiger partial charge in [0.15, 0.2) is 0 Å². The monoisotopic (exact) mass is 311 g/mol. The van der Waals surface area contributed by atoms with Gasteiger partial charge >= 0.3 is 0 Å². The molecule has 1 nitrogen and oxygen atoms in total. The highest BCUT2D eigenvalue weighted by molar-refractivity contribution is 5.76. The van der Waals surface area contributed by atoms with Crippen LogP contribution in [0.5, 0.6) is 0 Å². The third-order valence-electron chi connectivity index (χ3n) is 4.79. The third kappa shape index (κ3) is 3.16. The van der Waals surface area contributed by atoms with E-state index < -0.39 is 0 Å². The van der Waals surface area contributed by atoms with Crippen molar-refractivity contribution in [3.8, 4) is 0 Å². The summed E-state index contributed by atoms with van der Waals surface area (Å²) in [6, 6.07) is 25.8. The van der Waals surface area contributed by atoms with E-state index in [-0.39, 0.29) is 0 Å². The number of aryl methyl sites for hydroxylation is 1. The van der Waals surface area contributed by atoms with Crippen molar-refractivity contribution in [3.63, 3.8) is 0 Å². The number of aromatic nitrogens is 1. The lowest BCUT2D eigenvalue weighted by molar-refractivity contribution is 0.744. The highest BCUT2D eigenvalue weighted by atomic mass is 14.7. The van der Waals surface area contributed by atoms with Gasteiger partial charge in [0, 0.05) is 24.2 Å². The molecule has 1 heterocycles. The maximum atomic E-state index is 4.49. The van der Waals surface area contributed by atoms with Crippen LogP contribution in [0, 0.1) is 0 Å². The van der Waals surface area contributed by atoms with Crippen LogP contribution in [0.4, 0.5) is 0 Å². The Morgan fingerprint density at radius 3 is 2.42 bits per heavy atom. The van der Waals surface area contributed by atoms with Gasteiger partial charge in [0.2, 0.25) is 0 Å². The number of hydrogen-bond acceptors (Lipinski definition) is 1. The first-order valence-corrected chi connectivity index (χ1v) is 8.64. The van der Waals surface area contributed by atoms with Crippen LogP contribution in [0.2, 0.25) is 0 Å². The van der Waals surface area contributed by atoms with Gasteiger partial charge in [-0.15, -0.1) is 0 Å². The van der Waals surface area contributed by atoms with Gasteiger partial charge in [-0.05, 0) is 47.2 Å². The smallest absolute Gasteiger partial charge is 0.0447 e. The van der Waals surface area contributed by atoms with Crippen molar-refractivity contribution in [2.45, 2.75) is 25.2 Å². The average Bonchev–Trinajstić information content (AvgIpc) is 3.00. The lowest BCUT2D eigenvalue weighted by Gasteiger charge is -2.10. The first-order chi connectivity index (χ1) is 11.9. The first-order valence-electron chi connectivity index (χ1n) is 8.64. The Balaban J connectivity index is 1.56. The fraction of sp³-hybridized carbons (Fsp3) is 0.174. The third-order valence-corrected chi connectivity index (χ3v) is 4.79. The van der Waals surface area contributed by atoms with Crippen molar-refractivity contribution in [1.82, 2.24) is 4.98 Å². The summed E-state index contributed by atoms with van der Waals surface area (Å²) >= 11 is 0. The molecule has 0 fully saturated rings. The summed E-state index contributed by atoms with van der Waals surface area (Å²) in [6.45, 7) is 0. The highest BCUT2D eigenvalue weighted by Crippen LogP contribution is 2.39. The van der Waals surface area contributed by atoms with Gasteiger partial charge in [-0.1, -0.05) is 66.7 Å². The molecule has 24 heavy (non-hydrogen) atoms. The summed E-state index contributed by atoms with van der Waals surface area (Å²) in [5.41, 5.74) is 6.85. The number of nitrogens with zero attached hydrogens (tertiary/aromatic N) is 1. The molecule has 2 aromatic carbocycles. The SMILES string of the molecule is C1=C(Cc2ccccn2)c2ccccc2C1CCc1ccccc1. The molecule has 118 valence electrons. The number of hydrogen-bond donors (Lipinski definition) is 0. The van der Waals surface area contributed by atoms with Crippen LogP contribution >= 0.6 is 0 Å². The molecule has 1 aliphatic carbocycles. The molecule has 4 rings (SSSR count). The van der Waals surface area contributed by atoms with E-state index in [1.54, 1.807) is 0 Å². The minimum absolute atomic E-state index is 0.514. The second-order valence-corrected chi connectivity index (χ2v) is 6.41. The van der Waals surface area contributed by atoms with Gasteiger partial charge in [0.05, 0.1) is 0 Å². The van der Waals surface area contributed by atoms with Gasteiger partial charge in [-0.25, -0.2) is 0 Å². The molecule has 0 saturated carbocycles. The van der Waals surface area contributed by atoms with Crippen LogP contribution in [0.3, 0.4) is 0 Å². The Morgan fingerprint density at radius 1 is 0.792 bits per heavy atom. The second-order valence-electron chi connectivity index (χ2n) is 6.41. The molecule has 0 bridgehead atoms. The van der Waals surface area contributed by atoms with E-state index in [1.807, 2.05) is 12.3 Å². The fourth-order valence-electron chi connectivity index (χ4n) is 3.59. The Labute approximate surface area is 143 Å². The normalized spacial score (nSPS) is 15.8. The Hall–Kier alpha value is -2.67. The van der Waals surface area contributed by atoms with Crippen molar-refractivity contribution < 1.29 is 0 Å². The van der Waals surface area contributed by atoms with E-state index in [0.29, 0.717) is 5.92 Å². The molecule has 1 unspecified atom stereocenters. The maximum Gasteiger partial charge on any atom is 0.0447 e. The minimum atomic E-state index is 0.514. The van der Waals surface area contributed by atoms with Crippen molar-refractivity contribution in [1.29, 1.82) is 0 Å². The van der Waals surface area contributed by atoms with Crippen LogP contribution in [-0.2, 0) is 12.8 Å². The largest absolute Gasteiger partial charge is 0.261 e. The molecule has 0 spiro atoms. The zero-order valence-electron chi connectivity index (χ0n) is 13.7. The quantitative estimate of drug-likeness (QED) is 0.611. The van der Waals surface area contributed by atoms with Crippen molar-refractivity contribution in [3.05, 3.63) is 107 Å². The average molecular weight is 311 g/mol. The van der Waals surface area contributed by atoms with E-state index in [2.05, 4.69) is 77.8 Å². The summed E-state index contributed by atoms with van der Waals surface area (Å²) in [5.74, 6) is 0.514. The molecule has 1 atom stereocenters. The number of pyridine rings is 1. The van der Waals surface area contributed by atoms with Crippen LogP contribution in [0.25, 0.3) is 5.57 Å². The molecule has 1 aromatic heterocycles. The summed E-state index contributed by atoms with van der Waals surface area (Å²) in [4.78, 5) is 4.49. The summed E-state index contributed by atoms with van der Waals surface area (Å²) in [6.07, 6.45) is 7.53. The Kier molecular flexibility index (Phi) is 4.24. The second kappa shape index (κ2) is 6.84. The number of fused-ring (bicyclic) bond motifs is 1. The first kappa shape index (κ1) is 14.9. The lowest BCUT2D eigenvalue weighted by atomic mass is 9.94. The molecular weight excluding hydrogens is 290 g/mol. The number of rotatable bonds is 5. The predicted molar refractivity (Wildman–Crippen MR) is 99.9 cm³/mol. The van der Waals surface area contributed by atoms with E-state index in [0.717, 1.165) is 25.0 Å². The van der Waals surface area contributed by atoms with Gasteiger partial charge < -0.3 is 0 Å². The van der Waals surface area contributed by atoms with E-state index in [4.69, 9.17) is 0 Å². The Bertz CT molecular complexity index is 834. The van der Waals surface area contributed by atoms with Crippen molar-refractivity contribution in [2.75, 3.05) is 0 Å². The number of benzene rings is 2. The van der Waals surface area contributed by atoms with Gasteiger partial charge in [-0.3, -0.25) is 4.98 Å². The Morgan fingerprint density at radius 2 is 1.58 bits per heavy atom. The summed E-state index contributed by atoms with van der Waals surface area (Å²) in [5, 5.41) is 0. The number of allylic oxidation sites excluding steroid dienone is 2. The van der Waals surface area contributed by atoms with Crippen molar-refractivity contribution >= 4 is 5.57 Å². The topological polar surface area (TPSA) is 12.9 Å². The molecule has 0 N–H and O–H groups in total. The molecule has 3 aromatic rings. The van der Waals surface area contributed by atoms with Crippen LogP contribution in [-0.4, -0.2) is 4.98 Å². The zero-order chi connectivity index (χ0) is 16.2. The standard InChI is InChI=1S/C23H21N/c1-2-8-18(9-3-1)13-14-19-16-20(17-21-10-6-7-15-24-21)23-12-5-4-11-22(19)23/h1-12,15-16,19H,13-14,17H2. The zero-order valence-corrected chi connectivity index (χ0v) is 13.7. The molecule has 0 amide bonds. The maximum absolute atomic E-state index is 4.49. The minimum Gasteiger partial charge on any atom is -0.261 e. The van der Waals surface area contributed by atoms with Gasteiger partial charge in [-0.2, -0.15) is 0 Å². The predicted octanol–water partition coefficient (Wildman–Crippen LogP) is 5.44. The molecule has 1 aliphatic rings. The van der Waals surface area contributed by atoms with E-state index in [1.165, 1.54) is 22.3 Å². The van der Waals surface area contributed by atoms with Gasteiger partial charge in [0.1, 0.15) is 0 Å². The molecule has 0 aliphatic heterocycles. The van der Waals surface area contributed by atoms with Crippen LogP contribution in [0.15, 0.2) is 85.1 Å².